The monoisotopic (exact) mass is 480 g/mol. The Morgan fingerprint density at radius 2 is 1.83 bits per heavy atom. The number of rotatable bonds is 9. The second-order valence-corrected chi connectivity index (χ2v) is 9.65. The molecule has 192 valence electrons. The molecule has 2 fully saturated rings. The van der Waals surface area contributed by atoms with Gasteiger partial charge in [0, 0.05) is 44.3 Å². The van der Waals surface area contributed by atoms with Gasteiger partial charge in [0.1, 0.15) is 6.04 Å². The van der Waals surface area contributed by atoms with Gasteiger partial charge in [0.15, 0.2) is 0 Å². The van der Waals surface area contributed by atoms with E-state index in [1.54, 1.807) is 4.90 Å². The summed E-state index contributed by atoms with van der Waals surface area (Å²) in [6, 6.07) is 12.1. The summed E-state index contributed by atoms with van der Waals surface area (Å²) in [5.41, 5.74) is 8.32. The lowest BCUT2D eigenvalue weighted by molar-refractivity contribution is -0.135. The zero-order valence-corrected chi connectivity index (χ0v) is 22.4. The fraction of sp³-hybridized carbons (Fsp3) is 0.679. The largest absolute Gasteiger partial charge is 0.322 e. The Kier molecular flexibility index (Phi) is 11.2. The van der Waals surface area contributed by atoms with E-state index in [-0.39, 0.29) is 18.0 Å². The molecule has 7 heteroatoms. The molecule has 1 heterocycles. The van der Waals surface area contributed by atoms with E-state index in [4.69, 9.17) is 11.0 Å². The minimum absolute atomic E-state index is 0.0841. The van der Waals surface area contributed by atoms with Gasteiger partial charge in [-0.2, -0.15) is 10.5 Å². The Morgan fingerprint density at radius 1 is 1.20 bits per heavy atom. The highest BCUT2D eigenvalue weighted by Crippen LogP contribution is 2.37. The van der Waals surface area contributed by atoms with Crippen LogP contribution < -0.4 is 5.73 Å². The van der Waals surface area contributed by atoms with Crippen molar-refractivity contribution in [2.24, 2.45) is 11.7 Å². The molecule has 0 aromatic heterocycles. The zero-order chi connectivity index (χ0) is 26.1. The fourth-order valence-corrected chi connectivity index (χ4v) is 5.14. The maximum absolute atomic E-state index is 13.3. The number of nitrogens with two attached hydrogens (primary N) is 1. The predicted molar refractivity (Wildman–Crippen MR) is 140 cm³/mol. The fourth-order valence-electron chi connectivity index (χ4n) is 5.14. The first kappa shape index (κ1) is 28.8. The first-order chi connectivity index (χ1) is 16.8. The lowest BCUT2D eigenvalue weighted by Gasteiger charge is -2.45. The number of benzene rings is 1. The number of amides is 1. The Labute approximate surface area is 212 Å². The molecule has 7 nitrogen and oxygen atoms in total. The number of nitrogens with zero attached hydrogens (tertiary/aromatic N) is 5. The molecule has 3 rings (SSSR count). The molecule has 0 spiro atoms. The van der Waals surface area contributed by atoms with E-state index in [2.05, 4.69) is 42.7 Å². The van der Waals surface area contributed by atoms with Gasteiger partial charge in [0.05, 0.1) is 23.7 Å². The van der Waals surface area contributed by atoms with Crippen LogP contribution in [0.15, 0.2) is 24.3 Å². The van der Waals surface area contributed by atoms with Gasteiger partial charge in [0.2, 0.25) is 5.91 Å². The van der Waals surface area contributed by atoms with Crippen LogP contribution >= 0.6 is 0 Å². The summed E-state index contributed by atoms with van der Waals surface area (Å²) < 4.78 is 0. The molecule has 0 bridgehead atoms. The highest BCUT2D eigenvalue weighted by atomic mass is 16.2. The lowest BCUT2D eigenvalue weighted by Crippen LogP contribution is -2.58. The first-order valence-corrected chi connectivity index (χ1v) is 13.3. The molecule has 5 unspecified atom stereocenters. The van der Waals surface area contributed by atoms with Crippen LogP contribution in [-0.2, 0) is 4.79 Å². The van der Waals surface area contributed by atoms with Crippen LogP contribution in [0.1, 0.15) is 78.0 Å². The molecule has 2 N–H and O–H groups in total. The van der Waals surface area contributed by atoms with Crippen molar-refractivity contribution in [3.05, 3.63) is 35.4 Å². The average molecular weight is 481 g/mol. The van der Waals surface area contributed by atoms with Gasteiger partial charge >= 0.3 is 0 Å². The smallest absolute Gasteiger partial charge is 0.242 e. The first-order valence-electron chi connectivity index (χ1n) is 13.3. The van der Waals surface area contributed by atoms with Crippen molar-refractivity contribution < 1.29 is 4.79 Å². The minimum atomic E-state index is -0.611. The number of nitriles is 2. The van der Waals surface area contributed by atoms with Gasteiger partial charge in [0.25, 0.3) is 0 Å². The van der Waals surface area contributed by atoms with Crippen molar-refractivity contribution in [2.75, 3.05) is 26.2 Å². The summed E-state index contributed by atoms with van der Waals surface area (Å²) in [6.07, 6.45) is 2.60. The summed E-state index contributed by atoms with van der Waals surface area (Å²) in [6.45, 7) is 15.6. The van der Waals surface area contributed by atoms with Gasteiger partial charge in [-0.1, -0.05) is 46.8 Å². The third kappa shape index (κ3) is 7.04. The van der Waals surface area contributed by atoms with E-state index in [1.807, 2.05) is 45.0 Å². The Bertz CT molecular complexity index is 888. The molecule has 2 aliphatic rings. The third-order valence-electron chi connectivity index (χ3n) is 7.43. The molecule has 1 aliphatic carbocycles. The molecule has 1 aromatic carbocycles. The highest BCUT2D eigenvalue weighted by Gasteiger charge is 2.45. The van der Waals surface area contributed by atoms with Crippen LogP contribution in [0.5, 0.6) is 0 Å². The molecule has 6 atom stereocenters. The van der Waals surface area contributed by atoms with E-state index in [0.29, 0.717) is 30.5 Å². The molecule has 0 radical (unpaired) electrons. The van der Waals surface area contributed by atoms with Crippen molar-refractivity contribution >= 4 is 5.91 Å². The van der Waals surface area contributed by atoms with Crippen LogP contribution in [0.4, 0.5) is 0 Å². The van der Waals surface area contributed by atoms with Crippen molar-refractivity contribution in [1.29, 1.82) is 10.5 Å². The minimum Gasteiger partial charge on any atom is -0.322 e. The lowest BCUT2D eigenvalue weighted by atomic mass is 10.00. The van der Waals surface area contributed by atoms with E-state index in [9.17, 15) is 10.1 Å². The summed E-state index contributed by atoms with van der Waals surface area (Å²) >= 11 is 0. The van der Waals surface area contributed by atoms with Crippen LogP contribution in [0.3, 0.4) is 0 Å². The number of piperazine rings is 1. The summed E-state index contributed by atoms with van der Waals surface area (Å²) in [5.74, 6) is 0.361. The topological polar surface area (TPSA) is 100 Å². The van der Waals surface area contributed by atoms with Crippen LogP contribution in [0.25, 0.3) is 0 Å². The van der Waals surface area contributed by atoms with Gasteiger partial charge in [-0.25, -0.2) is 0 Å². The van der Waals surface area contributed by atoms with Crippen molar-refractivity contribution in [3.8, 4) is 12.1 Å². The molecule has 1 aromatic rings. The van der Waals surface area contributed by atoms with Crippen LogP contribution in [0.2, 0.25) is 0 Å². The maximum Gasteiger partial charge on any atom is 0.242 e. The Morgan fingerprint density at radius 3 is 2.31 bits per heavy atom. The maximum atomic E-state index is 13.3. The molecule has 35 heavy (non-hydrogen) atoms. The molecule has 1 saturated heterocycles. The molecule has 1 saturated carbocycles. The Balaban J connectivity index is 0.00000210. The Hall–Kier alpha value is -2.45. The summed E-state index contributed by atoms with van der Waals surface area (Å²) in [4.78, 5) is 19.9. The number of hydrogen-bond acceptors (Lipinski definition) is 6. The SMILES string of the molecule is CC.CCC(C#N)N(C(=O)C(N)CN1CCN(C(C)c2ccc(C#N)cc2)[C@@H](CC)C1)C1CC1C. The van der Waals surface area contributed by atoms with E-state index >= 15 is 0 Å². The molecular weight excluding hydrogens is 436 g/mol. The number of carbonyl (C=O) groups is 1. The summed E-state index contributed by atoms with van der Waals surface area (Å²) in [5, 5.41) is 18.6. The van der Waals surface area contributed by atoms with E-state index in [0.717, 1.165) is 32.5 Å². The summed E-state index contributed by atoms with van der Waals surface area (Å²) in [7, 11) is 0. The quantitative estimate of drug-likeness (QED) is 0.575. The van der Waals surface area contributed by atoms with Gasteiger partial charge in [-0.05, 0) is 49.8 Å². The molecule has 1 aliphatic heterocycles. The number of carbonyl (C=O) groups excluding carboxylic acids is 1. The second kappa shape index (κ2) is 13.6. The molecule has 1 amide bonds. The standard InChI is InChI=1S/C26H38N6O.C2H6/c1-5-22(15-28)32(25-13-18(25)3)26(33)24(29)17-30-11-12-31(23(6-2)16-30)19(4)21-9-7-20(14-27)8-10-21;1-2/h7-10,18-19,22-25H,5-6,11-13,16-17,29H2,1-4H3;1-2H3/t18?,19?,22?,23-,24?,25?;/m0./s1. The van der Waals surface area contributed by atoms with Crippen molar-refractivity contribution in [2.45, 2.75) is 91.0 Å². The average Bonchev–Trinajstić information content (AvgIpc) is 3.62. The van der Waals surface area contributed by atoms with Gasteiger partial charge < -0.3 is 10.6 Å². The van der Waals surface area contributed by atoms with Gasteiger partial charge in [-0.15, -0.1) is 0 Å². The van der Waals surface area contributed by atoms with E-state index < -0.39 is 12.1 Å². The highest BCUT2D eigenvalue weighted by molar-refractivity contribution is 5.83. The zero-order valence-electron chi connectivity index (χ0n) is 22.4. The van der Waals surface area contributed by atoms with Crippen LogP contribution in [0, 0.1) is 28.6 Å². The van der Waals surface area contributed by atoms with Crippen molar-refractivity contribution in [1.82, 2.24) is 14.7 Å². The third-order valence-corrected chi connectivity index (χ3v) is 7.43. The van der Waals surface area contributed by atoms with Crippen LogP contribution in [-0.4, -0.2) is 71.0 Å². The molecular formula is C28H44N6O. The second-order valence-electron chi connectivity index (χ2n) is 9.65. The van der Waals surface area contributed by atoms with E-state index in [1.165, 1.54) is 5.56 Å². The predicted octanol–water partition coefficient (Wildman–Crippen LogP) is 3.91. The van der Waals surface area contributed by atoms with Crippen molar-refractivity contribution in [3.63, 3.8) is 0 Å². The normalized spacial score (nSPS) is 24.7. The van der Waals surface area contributed by atoms with Gasteiger partial charge in [-0.3, -0.25) is 14.6 Å². The number of hydrogen-bond donors (Lipinski definition) is 1.